The van der Waals surface area contributed by atoms with Crippen molar-refractivity contribution in [2.45, 2.75) is 33.1 Å². The average Bonchev–Trinajstić information content (AvgIpc) is 2.63. The van der Waals surface area contributed by atoms with E-state index in [0.717, 1.165) is 64.4 Å². The third-order valence-electron chi connectivity index (χ3n) is 5.13. The van der Waals surface area contributed by atoms with Crippen LogP contribution in [0.3, 0.4) is 0 Å². The first-order valence-corrected chi connectivity index (χ1v) is 9.86. The van der Waals surface area contributed by atoms with Gasteiger partial charge in [0.1, 0.15) is 0 Å². The van der Waals surface area contributed by atoms with Gasteiger partial charge in [-0.3, -0.25) is 9.89 Å². The monoisotopic (exact) mass is 339 g/mol. The summed E-state index contributed by atoms with van der Waals surface area (Å²) in [6, 6.07) is 0. The lowest BCUT2D eigenvalue weighted by Gasteiger charge is -2.30. The summed E-state index contributed by atoms with van der Waals surface area (Å²) in [5.74, 6) is 1.82. The Morgan fingerprint density at radius 1 is 1.04 bits per heavy atom. The highest BCUT2D eigenvalue weighted by Crippen LogP contribution is 2.19. The van der Waals surface area contributed by atoms with Crippen molar-refractivity contribution in [1.82, 2.24) is 20.4 Å². The first-order chi connectivity index (χ1) is 11.8. The van der Waals surface area contributed by atoms with Crippen LogP contribution in [-0.4, -0.2) is 87.9 Å². The van der Waals surface area contributed by atoms with Gasteiger partial charge in [-0.25, -0.2) is 0 Å². The fourth-order valence-corrected chi connectivity index (χ4v) is 3.45. The van der Waals surface area contributed by atoms with Crippen molar-refractivity contribution in [3.05, 3.63) is 0 Å². The largest absolute Gasteiger partial charge is 0.379 e. The number of guanidine groups is 1. The molecule has 0 amide bonds. The second-order valence-electron chi connectivity index (χ2n) is 6.81. The summed E-state index contributed by atoms with van der Waals surface area (Å²) < 4.78 is 5.39. The van der Waals surface area contributed by atoms with Gasteiger partial charge in [0.05, 0.1) is 13.2 Å². The van der Waals surface area contributed by atoms with E-state index in [0.29, 0.717) is 0 Å². The van der Waals surface area contributed by atoms with Crippen LogP contribution in [0.15, 0.2) is 4.99 Å². The molecule has 0 atom stereocenters. The summed E-state index contributed by atoms with van der Waals surface area (Å²) in [5.41, 5.74) is 0. The van der Waals surface area contributed by atoms with E-state index in [4.69, 9.17) is 9.73 Å². The fourth-order valence-electron chi connectivity index (χ4n) is 3.45. The zero-order valence-electron chi connectivity index (χ0n) is 15.7. The number of hydrogen-bond acceptors (Lipinski definition) is 4. The van der Waals surface area contributed by atoms with Crippen LogP contribution in [0.4, 0.5) is 0 Å². The van der Waals surface area contributed by atoms with Gasteiger partial charge >= 0.3 is 0 Å². The zero-order chi connectivity index (χ0) is 17.0. The molecule has 2 N–H and O–H groups in total. The van der Waals surface area contributed by atoms with Crippen molar-refractivity contribution in [1.29, 1.82) is 0 Å². The van der Waals surface area contributed by atoms with Crippen LogP contribution in [-0.2, 0) is 4.74 Å². The van der Waals surface area contributed by atoms with E-state index < -0.39 is 0 Å². The number of aliphatic imine (C=N–C) groups is 1. The lowest BCUT2D eigenvalue weighted by molar-refractivity contribution is 0.0389. The first-order valence-electron chi connectivity index (χ1n) is 9.86. The fraction of sp³-hybridized carbons (Fsp3) is 0.944. The minimum Gasteiger partial charge on any atom is -0.379 e. The second-order valence-corrected chi connectivity index (χ2v) is 6.81. The third-order valence-corrected chi connectivity index (χ3v) is 5.13. The Balaban J connectivity index is 1.62. The van der Waals surface area contributed by atoms with E-state index in [1.54, 1.807) is 0 Å². The standard InChI is InChI=1S/C18H37N5O/c1-3-19-18(21-9-12-23-13-15-24-16-14-23)20-8-5-17-6-10-22(4-2)11-7-17/h17H,3-16H2,1-2H3,(H2,19,20,21). The van der Waals surface area contributed by atoms with Crippen LogP contribution in [0, 0.1) is 5.92 Å². The molecule has 0 spiro atoms. The summed E-state index contributed by atoms with van der Waals surface area (Å²) >= 11 is 0. The summed E-state index contributed by atoms with van der Waals surface area (Å²) in [6.45, 7) is 15.8. The number of nitrogens with one attached hydrogen (secondary N) is 2. The molecule has 6 nitrogen and oxygen atoms in total. The maximum Gasteiger partial charge on any atom is 0.191 e. The summed E-state index contributed by atoms with van der Waals surface area (Å²) in [6.07, 6.45) is 3.90. The Labute approximate surface area is 148 Å². The maximum atomic E-state index is 5.39. The molecule has 2 rings (SSSR count). The van der Waals surface area contributed by atoms with Crippen LogP contribution < -0.4 is 10.6 Å². The van der Waals surface area contributed by atoms with Crippen molar-refractivity contribution in [2.24, 2.45) is 10.9 Å². The van der Waals surface area contributed by atoms with Crippen LogP contribution in [0.25, 0.3) is 0 Å². The highest BCUT2D eigenvalue weighted by Gasteiger charge is 2.17. The zero-order valence-corrected chi connectivity index (χ0v) is 15.7. The molecule has 0 aromatic rings. The predicted octanol–water partition coefficient (Wildman–Crippen LogP) is 0.996. The Kier molecular flexibility index (Phi) is 9.46. The summed E-state index contributed by atoms with van der Waals surface area (Å²) in [7, 11) is 0. The number of rotatable bonds is 8. The molecule has 140 valence electrons. The van der Waals surface area contributed by atoms with Gasteiger partial charge < -0.3 is 20.3 Å². The van der Waals surface area contributed by atoms with Gasteiger partial charge in [0.15, 0.2) is 5.96 Å². The molecule has 2 heterocycles. The van der Waals surface area contributed by atoms with E-state index in [1.807, 2.05) is 0 Å². The number of ether oxygens (including phenoxy) is 1. The number of morpholine rings is 1. The van der Waals surface area contributed by atoms with Gasteiger partial charge in [-0.05, 0) is 51.7 Å². The molecule has 24 heavy (non-hydrogen) atoms. The quantitative estimate of drug-likeness (QED) is 0.510. The molecule has 2 fully saturated rings. The van der Waals surface area contributed by atoms with E-state index in [2.05, 4.69) is 34.3 Å². The molecule has 0 unspecified atom stereocenters. The molecule has 6 heteroatoms. The Morgan fingerprint density at radius 3 is 2.46 bits per heavy atom. The van der Waals surface area contributed by atoms with Gasteiger partial charge in [0, 0.05) is 39.3 Å². The Bertz CT molecular complexity index is 349. The lowest BCUT2D eigenvalue weighted by atomic mass is 9.94. The molecule has 0 radical (unpaired) electrons. The van der Waals surface area contributed by atoms with Crippen molar-refractivity contribution in [3.63, 3.8) is 0 Å². The molecular weight excluding hydrogens is 302 g/mol. The Hall–Kier alpha value is -0.850. The molecule has 2 aliphatic heterocycles. The van der Waals surface area contributed by atoms with Crippen molar-refractivity contribution in [2.75, 3.05) is 72.1 Å². The molecule has 2 saturated heterocycles. The van der Waals surface area contributed by atoms with E-state index in [-0.39, 0.29) is 0 Å². The van der Waals surface area contributed by atoms with Crippen LogP contribution in [0.1, 0.15) is 33.1 Å². The van der Waals surface area contributed by atoms with E-state index in [1.165, 1.54) is 38.9 Å². The minimum absolute atomic E-state index is 0.854. The number of likely N-dealkylation sites (tertiary alicyclic amines) is 1. The smallest absolute Gasteiger partial charge is 0.191 e. The third kappa shape index (κ3) is 7.36. The maximum absolute atomic E-state index is 5.39. The van der Waals surface area contributed by atoms with E-state index in [9.17, 15) is 0 Å². The first kappa shape index (κ1) is 19.5. The Morgan fingerprint density at radius 2 is 1.79 bits per heavy atom. The van der Waals surface area contributed by atoms with Gasteiger partial charge in [-0.2, -0.15) is 0 Å². The number of nitrogens with zero attached hydrogens (tertiary/aromatic N) is 3. The van der Waals surface area contributed by atoms with Gasteiger partial charge in [-0.1, -0.05) is 6.92 Å². The molecule has 0 aliphatic carbocycles. The average molecular weight is 340 g/mol. The highest BCUT2D eigenvalue weighted by atomic mass is 16.5. The van der Waals surface area contributed by atoms with Crippen molar-refractivity contribution < 1.29 is 4.74 Å². The van der Waals surface area contributed by atoms with Crippen molar-refractivity contribution in [3.8, 4) is 0 Å². The van der Waals surface area contributed by atoms with Crippen molar-refractivity contribution >= 4 is 5.96 Å². The predicted molar refractivity (Wildman–Crippen MR) is 101 cm³/mol. The van der Waals surface area contributed by atoms with Crippen LogP contribution in [0.2, 0.25) is 0 Å². The summed E-state index contributed by atoms with van der Waals surface area (Å²) in [5, 5.41) is 6.83. The molecule has 0 bridgehead atoms. The second kappa shape index (κ2) is 11.7. The molecule has 0 saturated carbocycles. The van der Waals surface area contributed by atoms with E-state index >= 15 is 0 Å². The molecular formula is C18H37N5O. The highest BCUT2D eigenvalue weighted by molar-refractivity contribution is 5.79. The number of hydrogen-bond donors (Lipinski definition) is 2. The van der Waals surface area contributed by atoms with Gasteiger partial charge in [-0.15, -0.1) is 0 Å². The molecule has 0 aromatic carbocycles. The SMILES string of the molecule is CCNC(=NCCC1CCN(CC)CC1)NCCN1CCOCC1. The minimum atomic E-state index is 0.854. The normalized spacial score (nSPS) is 21.8. The number of piperidine rings is 1. The van der Waals surface area contributed by atoms with Crippen LogP contribution >= 0.6 is 0 Å². The topological polar surface area (TPSA) is 52.1 Å². The molecule has 0 aromatic heterocycles. The van der Waals surface area contributed by atoms with Gasteiger partial charge in [0.2, 0.25) is 0 Å². The lowest BCUT2D eigenvalue weighted by Crippen LogP contribution is -2.44. The van der Waals surface area contributed by atoms with Gasteiger partial charge in [0.25, 0.3) is 0 Å². The van der Waals surface area contributed by atoms with Crippen LogP contribution in [0.5, 0.6) is 0 Å². The summed E-state index contributed by atoms with van der Waals surface area (Å²) in [4.78, 5) is 9.77. The molecule has 2 aliphatic rings.